The van der Waals surface area contributed by atoms with Crippen LogP contribution in [0.15, 0.2) is 12.1 Å². The number of nitro groups is 1. The normalized spacial score (nSPS) is 18.3. The highest BCUT2D eigenvalue weighted by molar-refractivity contribution is 14.1. The molecule has 1 unspecified atom stereocenters. The first-order valence-electron chi connectivity index (χ1n) is 5.95. The molecule has 20 heavy (non-hydrogen) atoms. The Balaban J connectivity index is 2.17. The molecule has 0 bridgehead atoms. The van der Waals surface area contributed by atoms with E-state index in [1.165, 1.54) is 6.07 Å². The van der Waals surface area contributed by atoms with Crippen LogP contribution in [0.1, 0.15) is 5.56 Å². The first-order valence-corrected chi connectivity index (χ1v) is 7.03. The number of nitrogens with zero attached hydrogens (tertiary/aromatic N) is 2. The molecular formula is C12H12IN3O4. The largest absolute Gasteiger partial charge is 0.483 e. The minimum atomic E-state index is -0.543. The van der Waals surface area contributed by atoms with Crippen molar-refractivity contribution < 1.29 is 14.4 Å². The van der Waals surface area contributed by atoms with Crippen LogP contribution in [0.5, 0.6) is 5.75 Å². The zero-order valence-corrected chi connectivity index (χ0v) is 12.6. The molecule has 1 N–H and O–H groups in total. The Morgan fingerprint density at radius 2 is 2.45 bits per heavy atom. The molecule has 0 saturated carbocycles. The Morgan fingerprint density at radius 3 is 3.05 bits per heavy atom. The standard InChI is InChI=1S/C12H12IN3O4/c13-10-3-8(5-14)4-11(16(17)18)12(10)20-7-9-6-15-1-2-19-9/h3-4,9,15H,1-2,6-7H2. The van der Waals surface area contributed by atoms with Crippen LogP contribution < -0.4 is 10.1 Å². The predicted octanol–water partition coefficient (Wildman–Crippen LogP) is 1.44. The summed E-state index contributed by atoms with van der Waals surface area (Å²) < 4.78 is 11.6. The fraction of sp³-hybridized carbons (Fsp3) is 0.417. The van der Waals surface area contributed by atoms with Crippen LogP contribution in [0.25, 0.3) is 0 Å². The smallest absolute Gasteiger partial charge is 0.313 e. The molecule has 1 aromatic rings. The molecule has 0 amide bonds. The van der Waals surface area contributed by atoms with E-state index in [0.717, 1.165) is 6.54 Å². The van der Waals surface area contributed by atoms with Gasteiger partial charge in [0.2, 0.25) is 5.75 Å². The van der Waals surface area contributed by atoms with E-state index in [4.69, 9.17) is 14.7 Å². The number of morpholine rings is 1. The van der Waals surface area contributed by atoms with Gasteiger partial charge in [0.05, 0.1) is 26.7 Å². The Hall–Kier alpha value is -1.44. The van der Waals surface area contributed by atoms with Gasteiger partial charge < -0.3 is 14.8 Å². The van der Waals surface area contributed by atoms with Crippen molar-refractivity contribution in [2.24, 2.45) is 0 Å². The lowest BCUT2D eigenvalue weighted by Gasteiger charge is -2.23. The summed E-state index contributed by atoms with van der Waals surface area (Å²) in [6.45, 7) is 2.28. The number of nitro benzene ring substituents is 1. The molecule has 1 aromatic carbocycles. The monoisotopic (exact) mass is 389 g/mol. The fourth-order valence-corrected chi connectivity index (χ4v) is 2.59. The second kappa shape index (κ2) is 6.83. The molecule has 0 aromatic heterocycles. The zero-order valence-electron chi connectivity index (χ0n) is 10.5. The molecule has 1 saturated heterocycles. The Morgan fingerprint density at radius 1 is 1.65 bits per heavy atom. The van der Waals surface area contributed by atoms with Crippen LogP contribution >= 0.6 is 22.6 Å². The minimum Gasteiger partial charge on any atom is -0.483 e. The first-order chi connectivity index (χ1) is 9.61. The molecule has 8 heteroatoms. The van der Waals surface area contributed by atoms with Gasteiger partial charge in [-0.2, -0.15) is 5.26 Å². The van der Waals surface area contributed by atoms with Gasteiger partial charge in [0, 0.05) is 19.2 Å². The highest BCUT2D eigenvalue weighted by atomic mass is 127. The molecular weight excluding hydrogens is 377 g/mol. The van der Waals surface area contributed by atoms with Crippen molar-refractivity contribution in [2.45, 2.75) is 6.10 Å². The molecule has 106 valence electrons. The molecule has 1 aliphatic rings. The van der Waals surface area contributed by atoms with Crippen LogP contribution in [0.4, 0.5) is 5.69 Å². The van der Waals surface area contributed by atoms with Gasteiger partial charge in [0.25, 0.3) is 0 Å². The molecule has 0 aliphatic carbocycles. The molecule has 7 nitrogen and oxygen atoms in total. The van der Waals surface area contributed by atoms with Crippen molar-refractivity contribution in [1.29, 1.82) is 5.26 Å². The number of nitriles is 1. The maximum atomic E-state index is 11.1. The lowest BCUT2D eigenvalue weighted by atomic mass is 10.2. The summed E-state index contributed by atoms with van der Waals surface area (Å²) in [4.78, 5) is 10.5. The maximum Gasteiger partial charge on any atom is 0.313 e. The van der Waals surface area contributed by atoms with Gasteiger partial charge in [-0.05, 0) is 28.7 Å². The number of hydrogen-bond donors (Lipinski definition) is 1. The highest BCUT2D eigenvalue weighted by Gasteiger charge is 2.22. The number of benzene rings is 1. The van der Waals surface area contributed by atoms with Gasteiger partial charge in [-0.3, -0.25) is 10.1 Å². The lowest BCUT2D eigenvalue weighted by molar-refractivity contribution is -0.386. The maximum absolute atomic E-state index is 11.1. The van der Waals surface area contributed by atoms with Crippen molar-refractivity contribution >= 4 is 28.3 Å². The topological polar surface area (TPSA) is 97.4 Å². The van der Waals surface area contributed by atoms with E-state index in [9.17, 15) is 10.1 Å². The fourth-order valence-electron chi connectivity index (χ4n) is 1.83. The van der Waals surface area contributed by atoms with Gasteiger partial charge >= 0.3 is 5.69 Å². The van der Waals surface area contributed by atoms with E-state index in [1.807, 2.05) is 28.7 Å². The average Bonchev–Trinajstić information content (AvgIpc) is 2.46. The van der Waals surface area contributed by atoms with Crippen molar-refractivity contribution in [2.75, 3.05) is 26.3 Å². The van der Waals surface area contributed by atoms with Crippen LogP contribution in [0.2, 0.25) is 0 Å². The summed E-state index contributed by atoms with van der Waals surface area (Å²) in [7, 11) is 0. The Bertz CT molecular complexity index is 552. The molecule has 0 radical (unpaired) electrons. The molecule has 1 atom stereocenters. The van der Waals surface area contributed by atoms with E-state index >= 15 is 0 Å². The van der Waals surface area contributed by atoms with E-state index < -0.39 is 4.92 Å². The van der Waals surface area contributed by atoms with Gasteiger partial charge in [0.1, 0.15) is 12.7 Å². The van der Waals surface area contributed by atoms with Crippen LogP contribution in [0.3, 0.4) is 0 Å². The molecule has 1 fully saturated rings. The number of hydrogen-bond acceptors (Lipinski definition) is 6. The second-order valence-corrected chi connectivity index (χ2v) is 5.35. The van der Waals surface area contributed by atoms with Gasteiger partial charge in [0.15, 0.2) is 0 Å². The number of halogens is 1. The Labute approximate surface area is 129 Å². The lowest BCUT2D eigenvalue weighted by Crippen LogP contribution is -2.41. The third kappa shape index (κ3) is 3.56. The van der Waals surface area contributed by atoms with Gasteiger partial charge in [-0.15, -0.1) is 0 Å². The van der Waals surface area contributed by atoms with E-state index in [-0.39, 0.29) is 29.7 Å². The van der Waals surface area contributed by atoms with Crippen molar-refractivity contribution in [3.8, 4) is 11.8 Å². The van der Waals surface area contributed by atoms with E-state index in [2.05, 4.69) is 5.32 Å². The van der Waals surface area contributed by atoms with Crippen molar-refractivity contribution in [3.63, 3.8) is 0 Å². The summed E-state index contributed by atoms with van der Waals surface area (Å²) in [5.41, 5.74) is 0.0428. The molecule has 1 aliphatic heterocycles. The SMILES string of the molecule is N#Cc1cc(I)c(OCC2CNCCO2)c([N+](=O)[O-])c1. The van der Waals surface area contributed by atoms with Gasteiger partial charge in [-0.1, -0.05) is 0 Å². The van der Waals surface area contributed by atoms with Crippen molar-refractivity contribution in [1.82, 2.24) is 5.32 Å². The second-order valence-electron chi connectivity index (χ2n) is 4.18. The first kappa shape index (κ1) is 15.0. The summed E-state index contributed by atoms with van der Waals surface area (Å²) >= 11 is 1.93. The zero-order chi connectivity index (χ0) is 14.5. The van der Waals surface area contributed by atoms with E-state index in [1.54, 1.807) is 6.07 Å². The van der Waals surface area contributed by atoms with Crippen LogP contribution in [0, 0.1) is 25.0 Å². The van der Waals surface area contributed by atoms with Gasteiger partial charge in [-0.25, -0.2) is 0 Å². The summed E-state index contributed by atoms with van der Waals surface area (Å²) in [6.07, 6.45) is -0.130. The van der Waals surface area contributed by atoms with E-state index in [0.29, 0.717) is 16.7 Å². The van der Waals surface area contributed by atoms with Crippen LogP contribution in [-0.2, 0) is 4.74 Å². The predicted molar refractivity (Wildman–Crippen MR) is 78.6 cm³/mol. The Kier molecular flexibility index (Phi) is 5.11. The molecule has 1 heterocycles. The van der Waals surface area contributed by atoms with Crippen molar-refractivity contribution in [3.05, 3.63) is 31.4 Å². The third-order valence-electron chi connectivity index (χ3n) is 2.77. The highest BCUT2D eigenvalue weighted by Crippen LogP contribution is 2.33. The third-order valence-corrected chi connectivity index (χ3v) is 3.57. The number of rotatable bonds is 4. The molecule has 0 spiro atoms. The summed E-state index contributed by atoms with van der Waals surface area (Å²) in [6, 6.07) is 4.67. The summed E-state index contributed by atoms with van der Waals surface area (Å²) in [5.74, 6) is 0.184. The molecule has 2 rings (SSSR count). The average molecular weight is 389 g/mol. The quantitative estimate of drug-likeness (QED) is 0.476. The number of ether oxygens (including phenoxy) is 2. The summed E-state index contributed by atoms with van der Waals surface area (Å²) in [5, 5.41) is 23.1. The number of nitrogens with one attached hydrogen (secondary N) is 1. The van der Waals surface area contributed by atoms with Crippen LogP contribution in [-0.4, -0.2) is 37.3 Å². The minimum absolute atomic E-state index is 0.130.